The summed E-state index contributed by atoms with van der Waals surface area (Å²) in [5.41, 5.74) is 0.953. The van der Waals surface area contributed by atoms with E-state index in [2.05, 4.69) is 24.2 Å². The second kappa shape index (κ2) is 5.08. The zero-order valence-corrected chi connectivity index (χ0v) is 11.0. The molecule has 0 amide bonds. The quantitative estimate of drug-likeness (QED) is 0.875. The van der Waals surface area contributed by atoms with E-state index in [4.69, 9.17) is 0 Å². The van der Waals surface area contributed by atoms with E-state index in [1.54, 1.807) is 23.9 Å². The Labute approximate surface area is 106 Å². The van der Waals surface area contributed by atoms with Crippen LogP contribution in [0.2, 0.25) is 0 Å². The Morgan fingerprint density at radius 3 is 2.82 bits per heavy atom. The summed E-state index contributed by atoms with van der Waals surface area (Å²) in [6.45, 7) is 5.74. The average molecular weight is 252 g/mol. The van der Waals surface area contributed by atoms with Gasteiger partial charge in [0.2, 0.25) is 0 Å². The highest BCUT2D eigenvalue weighted by molar-refractivity contribution is 8.13. The maximum absolute atomic E-state index is 13.4. The number of aliphatic imine (C=N–C) groups is 1. The van der Waals surface area contributed by atoms with Gasteiger partial charge in [0.1, 0.15) is 5.82 Å². The van der Waals surface area contributed by atoms with Crippen LogP contribution >= 0.6 is 11.8 Å². The Morgan fingerprint density at radius 1 is 1.41 bits per heavy atom. The molecule has 1 heterocycles. The molecule has 0 fully saturated rings. The number of rotatable bonds is 2. The molecule has 17 heavy (non-hydrogen) atoms. The second-order valence-corrected chi connectivity index (χ2v) is 5.98. The van der Waals surface area contributed by atoms with E-state index in [0.29, 0.717) is 12.1 Å². The molecule has 0 saturated heterocycles. The molecular formula is C13H17FN2S. The molecule has 2 rings (SSSR count). The van der Waals surface area contributed by atoms with Gasteiger partial charge >= 0.3 is 0 Å². The number of thioether (sulfide) groups is 1. The average Bonchev–Trinajstić information content (AvgIpc) is 2.30. The van der Waals surface area contributed by atoms with Crippen molar-refractivity contribution >= 4 is 16.9 Å². The largest absolute Gasteiger partial charge is 0.361 e. The minimum absolute atomic E-state index is 0.165. The number of benzene rings is 1. The first-order valence-electron chi connectivity index (χ1n) is 5.71. The topological polar surface area (TPSA) is 24.4 Å². The fourth-order valence-corrected chi connectivity index (χ4v) is 2.51. The Kier molecular flexibility index (Phi) is 3.72. The normalized spacial score (nSPS) is 18.6. The van der Waals surface area contributed by atoms with E-state index < -0.39 is 0 Å². The van der Waals surface area contributed by atoms with Gasteiger partial charge < -0.3 is 5.32 Å². The van der Waals surface area contributed by atoms with E-state index in [9.17, 15) is 4.39 Å². The molecule has 1 aromatic rings. The van der Waals surface area contributed by atoms with Crippen molar-refractivity contribution in [2.24, 2.45) is 10.4 Å². The van der Waals surface area contributed by atoms with Crippen molar-refractivity contribution in [3.05, 3.63) is 35.6 Å². The zero-order chi connectivity index (χ0) is 12.3. The lowest BCUT2D eigenvalue weighted by molar-refractivity contribution is 0.436. The molecular weight excluding hydrogens is 235 g/mol. The van der Waals surface area contributed by atoms with Crippen molar-refractivity contribution in [1.82, 2.24) is 5.32 Å². The van der Waals surface area contributed by atoms with Gasteiger partial charge in [-0.1, -0.05) is 43.8 Å². The molecule has 0 bridgehead atoms. The molecule has 1 N–H and O–H groups in total. The first-order chi connectivity index (χ1) is 8.07. The molecule has 0 unspecified atom stereocenters. The summed E-state index contributed by atoms with van der Waals surface area (Å²) in [7, 11) is 0. The molecule has 2 nitrogen and oxygen atoms in total. The van der Waals surface area contributed by atoms with Crippen molar-refractivity contribution in [1.29, 1.82) is 0 Å². The summed E-state index contributed by atoms with van der Waals surface area (Å²) >= 11 is 1.71. The molecule has 92 valence electrons. The molecule has 0 radical (unpaired) electrons. The van der Waals surface area contributed by atoms with Crippen molar-refractivity contribution < 1.29 is 4.39 Å². The van der Waals surface area contributed by atoms with Gasteiger partial charge in [-0.2, -0.15) is 0 Å². The molecule has 0 aliphatic carbocycles. The van der Waals surface area contributed by atoms with Crippen LogP contribution in [0.1, 0.15) is 19.4 Å². The summed E-state index contributed by atoms with van der Waals surface area (Å²) < 4.78 is 13.4. The number of amidine groups is 1. The van der Waals surface area contributed by atoms with E-state index in [1.165, 1.54) is 6.07 Å². The van der Waals surface area contributed by atoms with Gasteiger partial charge in [-0.3, -0.25) is 4.99 Å². The maximum Gasteiger partial charge on any atom is 0.156 e. The third-order valence-corrected chi connectivity index (χ3v) is 4.11. The van der Waals surface area contributed by atoms with Gasteiger partial charge in [-0.05, 0) is 11.5 Å². The lowest BCUT2D eigenvalue weighted by Gasteiger charge is -2.27. The van der Waals surface area contributed by atoms with E-state index in [1.807, 2.05) is 6.07 Å². The van der Waals surface area contributed by atoms with Crippen molar-refractivity contribution in [2.45, 2.75) is 20.4 Å². The summed E-state index contributed by atoms with van der Waals surface area (Å²) in [5, 5.41) is 4.11. The Balaban J connectivity index is 1.92. The Bertz CT molecular complexity index is 429. The van der Waals surface area contributed by atoms with Crippen LogP contribution < -0.4 is 5.32 Å². The van der Waals surface area contributed by atoms with Gasteiger partial charge in [0.05, 0.1) is 0 Å². The molecule has 0 aromatic heterocycles. The number of halogens is 1. The fraction of sp³-hybridized carbons (Fsp3) is 0.462. The van der Waals surface area contributed by atoms with E-state index in [0.717, 1.165) is 17.5 Å². The maximum atomic E-state index is 13.4. The van der Waals surface area contributed by atoms with Crippen molar-refractivity contribution in [3.63, 3.8) is 0 Å². The van der Waals surface area contributed by atoms with Crippen LogP contribution in [0.5, 0.6) is 0 Å². The summed E-state index contributed by atoms with van der Waals surface area (Å²) in [4.78, 5) is 4.47. The fourth-order valence-electron chi connectivity index (χ4n) is 1.56. The monoisotopic (exact) mass is 252 g/mol. The highest BCUT2D eigenvalue weighted by Crippen LogP contribution is 2.27. The Morgan fingerprint density at radius 2 is 2.18 bits per heavy atom. The number of nitrogens with one attached hydrogen (secondary N) is 1. The zero-order valence-electron chi connectivity index (χ0n) is 10.2. The minimum Gasteiger partial charge on any atom is -0.361 e. The second-order valence-electron chi connectivity index (χ2n) is 5.02. The SMILES string of the molecule is CC1(C)CN=C(NCc2ccccc2F)SC1. The smallest absolute Gasteiger partial charge is 0.156 e. The van der Waals surface area contributed by atoms with Gasteiger partial charge in [0.15, 0.2) is 5.17 Å². The van der Waals surface area contributed by atoms with Crippen LogP contribution in [0.25, 0.3) is 0 Å². The summed E-state index contributed by atoms with van der Waals surface area (Å²) in [6, 6.07) is 6.82. The lowest BCUT2D eigenvalue weighted by atomic mass is 9.97. The molecule has 0 atom stereocenters. The van der Waals surface area contributed by atoms with Crippen LogP contribution in [-0.2, 0) is 6.54 Å². The Hall–Kier alpha value is -1.03. The van der Waals surface area contributed by atoms with Crippen molar-refractivity contribution in [2.75, 3.05) is 12.3 Å². The molecule has 1 aromatic carbocycles. The van der Waals surface area contributed by atoms with Crippen LogP contribution in [0.4, 0.5) is 4.39 Å². The number of nitrogens with zero attached hydrogens (tertiary/aromatic N) is 1. The van der Waals surface area contributed by atoms with E-state index in [-0.39, 0.29) is 11.2 Å². The first-order valence-corrected chi connectivity index (χ1v) is 6.70. The molecule has 0 saturated carbocycles. The van der Waals surface area contributed by atoms with Crippen LogP contribution in [0.15, 0.2) is 29.3 Å². The first kappa shape index (κ1) is 12.4. The summed E-state index contributed by atoms with van der Waals surface area (Å²) in [6.07, 6.45) is 0. The standard InChI is InChI=1S/C13H17FN2S/c1-13(2)8-16-12(17-9-13)15-7-10-5-3-4-6-11(10)14/h3-6H,7-9H2,1-2H3,(H,15,16). The van der Waals surface area contributed by atoms with Crippen LogP contribution in [0.3, 0.4) is 0 Å². The highest BCUT2D eigenvalue weighted by Gasteiger charge is 2.23. The van der Waals surface area contributed by atoms with Gasteiger partial charge in [0, 0.05) is 24.4 Å². The predicted octanol–water partition coefficient (Wildman–Crippen LogP) is 3.04. The minimum atomic E-state index is -0.165. The number of hydrogen-bond donors (Lipinski definition) is 1. The van der Waals surface area contributed by atoms with Gasteiger partial charge in [0.25, 0.3) is 0 Å². The van der Waals surface area contributed by atoms with Crippen molar-refractivity contribution in [3.8, 4) is 0 Å². The highest BCUT2D eigenvalue weighted by atomic mass is 32.2. The van der Waals surface area contributed by atoms with Crippen LogP contribution in [-0.4, -0.2) is 17.5 Å². The van der Waals surface area contributed by atoms with Gasteiger partial charge in [-0.25, -0.2) is 4.39 Å². The molecule has 0 spiro atoms. The van der Waals surface area contributed by atoms with Gasteiger partial charge in [-0.15, -0.1) is 0 Å². The molecule has 1 aliphatic heterocycles. The molecule has 1 aliphatic rings. The molecule has 4 heteroatoms. The van der Waals surface area contributed by atoms with E-state index >= 15 is 0 Å². The third-order valence-electron chi connectivity index (χ3n) is 2.64. The third kappa shape index (κ3) is 3.46. The summed E-state index contributed by atoms with van der Waals surface area (Å²) in [5.74, 6) is 0.887. The van der Waals surface area contributed by atoms with Crippen LogP contribution in [0, 0.1) is 11.2 Å². The lowest BCUT2D eigenvalue weighted by Crippen LogP contribution is -2.31. The number of hydrogen-bond acceptors (Lipinski definition) is 3. The predicted molar refractivity (Wildman–Crippen MR) is 71.8 cm³/mol.